The van der Waals surface area contributed by atoms with E-state index in [9.17, 15) is 0 Å². The largest absolute Gasteiger partial charge is 0.370 e. The van der Waals surface area contributed by atoms with Gasteiger partial charge in [0, 0.05) is 43.4 Å². The summed E-state index contributed by atoms with van der Waals surface area (Å²) < 4.78 is 0. The standard InChI is InChI=1S/C18H27N3/c1-20-16-8-9-17(20)13-21(11-10-16)18-5-3-2-4-14(18)12-19-15-6-7-15/h2-5,15-17,19H,6-13H2,1H3. The van der Waals surface area contributed by atoms with Crippen molar-refractivity contribution in [3.05, 3.63) is 29.8 Å². The average Bonchev–Trinajstić information content (AvgIpc) is 3.26. The van der Waals surface area contributed by atoms with Gasteiger partial charge in [0.1, 0.15) is 0 Å². The summed E-state index contributed by atoms with van der Waals surface area (Å²) in [6.07, 6.45) is 6.82. The molecule has 4 rings (SSSR count). The zero-order chi connectivity index (χ0) is 14.2. The Morgan fingerprint density at radius 2 is 1.86 bits per heavy atom. The number of nitrogens with zero attached hydrogens (tertiary/aromatic N) is 2. The SMILES string of the molecule is CN1C2CCC1CN(c1ccccc1CNC1CC1)CC2. The number of hydrogen-bond donors (Lipinski definition) is 1. The molecule has 2 bridgehead atoms. The molecule has 0 aromatic heterocycles. The quantitative estimate of drug-likeness (QED) is 0.917. The first-order valence-corrected chi connectivity index (χ1v) is 8.59. The van der Waals surface area contributed by atoms with Crippen molar-refractivity contribution >= 4 is 5.69 Å². The molecule has 2 atom stereocenters. The first-order valence-electron chi connectivity index (χ1n) is 8.59. The number of rotatable bonds is 4. The van der Waals surface area contributed by atoms with Gasteiger partial charge in [-0.05, 0) is 50.8 Å². The molecular formula is C18H27N3. The predicted octanol–water partition coefficient (Wildman–Crippen LogP) is 2.61. The van der Waals surface area contributed by atoms with Gasteiger partial charge < -0.3 is 10.2 Å². The Labute approximate surface area is 128 Å². The van der Waals surface area contributed by atoms with E-state index in [0.29, 0.717) is 0 Å². The van der Waals surface area contributed by atoms with Crippen LogP contribution >= 0.6 is 0 Å². The third-order valence-corrected chi connectivity index (χ3v) is 5.64. The number of nitrogens with one attached hydrogen (secondary N) is 1. The fourth-order valence-corrected chi connectivity index (χ4v) is 4.04. The number of fused-ring (bicyclic) bond motifs is 2. The molecule has 2 unspecified atom stereocenters. The Morgan fingerprint density at radius 3 is 2.71 bits per heavy atom. The minimum Gasteiger partial charge on any atom is -0.370 e. The maximum Gasteiger partial charge on any atom is 0.0412 e. The summed E-state index contributed by atoms with van der Waals surface area (Å²) in [5.74, 6) is 0. The van der Waals surface area contributed by atoms with Crippen LogP contribution in [0.2, 0.25) is 0 Å². The molecule has 1 saturated carbocycles. The maximum atomic E-state index is 3.67. The summed E-state index contributed by atoms with van der Waals surface area (Å²) in [5, 5.41) is 3.67. The molecule has 2 heterocycles. The molecule has 1 aromatic rings. The second-order valence-electron chi connectivity index (χ2n) is 7.07. The van der Waals surface area contributed by atoms with Crippen LogP contribution in [0.4, 0.5) is 5.69 Å². The van der Waals surface area contributed by atoms with E-state index in [-0.39, 0.29) is 0 Å². The number of para-hydroxylation sites is 1. The fraction of sp³-hybridized carbons (Fsp3) is 0.667. The van der Waals surface area contributed by atoms with Crippen molar-refractivity contribution in [3.63, 3.8) is 0 Å². The molecule has 0 spiro atoms. The third kappa shape index (κ3) is 2.82. The highest BCUT2D eigenvalue weighted by Gasteiger charge is 2.35. The van der Waals surface area contributed by atoms with Gasteiger partial charge in [0.2, 0.25) is 0 Å². The number of likely N-dealkylation sites (N-methyl/N-ethyl adjacent to an activating group) is 1. The molecule has 2 aliphatic heterocycles. The zero-order valence-corrected chi connectivity index (χ0v) is 13.1. The Kier molecular flexibility index (Phi) is 3.64. The topological polar surface area (TPSA) is 18.5 Å². The smallest absolute Gasteiger partial charge is 0.0412 e. The summed E-state index contributed by atoms with van der Waals surface area (Å²) in [7, 11) is 2.33. The van der Waals surface area contributed by atoms with E-state index in [1.165, 1.54) is 56.4 Å². The van der Waals surface area contributed by atoms with Crippen molar-refractivity contribution in [2.75, 3.05) is 25.0 Å². The van der Waals surface area contributed by atoms with Gasteiger partial charge in [-0.3, -0.25) is 4.90 Å². The van der Waals surface area contributed by atoms with Gasteiger partial charge in [0.25, 0.3) is 0 Å². The molecule has 2 saturated heterocycles. The van der Waals surface area contributed by atoms with Crippen LogP contribution < -0.4 is 10.2 Å². The van der Waals surface area contributed by atoms with Crippen molar-refractivity contribution in [1.29, 1.82) is 0 Å². The van der Waals surface area contributed by atoms with E-state index >= 15 is 0 Å². The lowest BCUT2D eigenvalue weighted by Gasteiger charge is -2.29. The highest BCUT2D eigenvalue weighted by molar-refractivity contribution is 5.54. The molecule has 0 amide bonds. The number of hydrogen-bond acceptors (Lipinski definition) is 3. The van der Waals surface area contributed by atoms with Crippen LogP contribution in [0.5, 0.6) is 0 Å². The lowest BCUT2D eigenvalue weighted by atomic mass is 10.1. The minimum atomic E-state index is 0.752. The van der Waals surface area contributed by atoms with E-state index in [1.54, 1.807) is 0 Å². The first-order chi connectivity index (χ1) is 10.3. The first kappa shape index (κ1) is 13.6. The minimum absolute atomic E-state index is 0.752. The van der Waals surface area contributed by atoms with E-state index in [2.05, 4.69) is 46.4 Å². The summed E-state index contributed by atoms with van der Waals surface area (Å²) >= 11 is 0. The molecule has 1 aromatic carbocycles. The highest BCUT2D eigenvalue weighted by atomic mass is 15.3. The molecule has 3 fully saturated rings. The second kappa shape index (κ2) is 5.62. The second-order valence-corrected chi connectivity index (χ2v) is 7.07. The van der Waals surface area contributed by atoms with Gasteiger partial charge in [-0.25, -0.2) is 0 Å². The van der Waals surface area contributed by atoms with Crippen molar-refractivity contribution < 1.29 is 0 Å². The van der Waals surface area contributed by atoms with Crippen LogP contribution in [0.1, 0.15) is 37.7 Å². The molecule has 114 valence electrons. The fourth-order valence-electron chi connectivity index (χ4n) is 4.04. The monoisotopic (exact) mass is 285 g/mol. The summed E-state index contributed by atoms with van der Waals surface area (Å²) in [6.45, 7) is 3.45. The highest BCUT2D eigenvalue weighted by Crippen LogP contribution is 2.32. The third-order valence-electron chi connectivity index (χ3n) is 5.64. The van der Waals surface area contributed by atoms with Crippen LogP contribution in [0.25, 0.3) is 0 Å². The summed E-state index contributed by atoms with van der Waals surface area (Å²) in [6, 6.07) is 11.4. The van der Waals surface area contributed by atoms with Crippen LogP contribution in [0, 0.1) is 0 Å². The number of benzene rings is 1. The van der Waals surface area contributed by atoms with Crippen LogP contribution in [0.15, 0.2) is 24.3 Å². The van der Waals surface area contributed by atoms with Gasteiger partial charge in [0.05, 0.1) is 0 Å². The van der Waals surface area contributed by atoms with Gasteiger partial charge >= 0.3 is 0 Å². The molecule has 21 heavy (non-hydrogen) atoms. The van der Waals surface area contributed by atoms with Crippen LogP contribution in [-0.4, -0.2) is 43.2 Å². The predicted molar refractivity (Wildman–Crippen MR) is 87.7 cm³/mol. The maximum absolute atomic E-state index is 3.67. The van der Waals surface area contributed by atoms with E-state index < -0.39 is 0 Å². The van der Waals surface area contributed by atoms with Gasteiger partial charge in [-0.2, -0.15) is 0 Å². The Bertz CT molecular complexity index is 497. The van der Waals surface area contributed by atoms with Gasteiger partial charge in [0.15, 0.2) is 0 Å². The normalized spacial score (nSPS) is 29.7. The van der Waals surface area contributed by atoms with Crippen LogP contribution in [0.3, 0.4) is 0 Å². The molecule has 1 N–H and O–H groups in total. The lowest BCUT2D eigenvalue weighted by Crippen LogP contribution is -2.37. The Morgan fingerprint density at radius 1 is 1.05 bits per heavy atom. The van der Waals surface area contributed by atoms with E-state index in [1.807, 2.05) is 0 Å². The van der Waals surface area contributed by atoms with Gasteiger partial charge in [-0.15, -0.1) is 0 Å². The molecular weight excluding hydrogens is 258 g/mol. The van der Waals surface area contributed by atoms with E-state index in [4.69, 9.17) is 0 Å². The van der Waals surface area contributed by atoms with Crippen molar-refractivity contribution in [1.82, 2.24) is 10.2 Å². The van der Waals surface area contributed by atoms with Crippen molar-refractivity contribution in [2.24, 2.45) is 0 Å². The number of anilines is 1. The van der Waals surface area contributed by atoms with E-state index in [0.717, 1.165) is 24.7 Å². The zero-order valence-electron chi connectivity index (χ0n) is 13.1. The Balaban J connectivity index is 1.52. The van der Waals surface area contributed by atoms with Crippen LogP contribution in [-0.2, 0) is 6.54 Å². The van der Waals surface area contributed by atoms with Crippen molar-refractivity contribution in [2.45, 2.75) is 56.8 Å². The summed E-state index contributed by atoms with van der Waals surface area (Å²) in [4.78, 5) is 5.27. The Hall–Kier alpha value is -1.06. The molecule has 3 aliphatic rings. The molecule has 3 nitrogen and oxygen atoms in total. The van der Waals surface area contributed by atoms with Crippen molar-refractivity contribution in [3.8, 4) is 0 Å². The average molecular weight is 285 g/mol. The summed E-state index contributed by atoms with van der Waals surface area (Å²) in [5.41, 5.74) is 2.94. The van der Waals surface area contributed by atoms with Gasteiger partial charge in [-0.1, -0.05) is 18.2 Å². The lowest BCUT2D eigenvalue weighted by molar-refractivity contribution is 0.254. The molecule has 0 radical (unpaired) electrons. The molecule has 1 aliphatic carbocycles. The molecule has 3 heteroatoms.